The molecule has 0 aliphatic carbocycles. The van der Waals surface area contributed by atoms with Crippen molar-refractivity contribution in [3.63, 3.8) is 0 Å². The maximum atomic E-state index is 12.5. The quantitative estimate of drug-likeness (QED) is 0.786. The summed E-state index contributed by atoms with van der Waals surface area (Å²) in [5, 5.41) is 0. The van der Waals surface area contributed by atoms with Crippen LogP contribution in [0, 0.1) is 0 Å². The number of hydrogen-bond acceptors (Lipinski definition) is 2. The van der Waals surface area contributed by atoms with Crippen molar-refractivity contribution in [2.45, 2.75) is 12.8 Å². The predicted octanol–water partition coefficient (Wildman–Crippen LogP) is 3.38. The Morgan fingerprint density at radius 2 is 1.62 bits per heavy atom. The number of halogens is 1. The van der Waals surface area contributed by atoms with Crippen LogP contribution in [0.3, 0.4) is 0 Å². The van der Waals surface area contributed by atoms with Gasteiger partial charge in [-0.05, 0) is 29.7 Å². The Morgan fingerprint density at radius 3 is 2.33 bits per heavy atom. The molecule has 2 aromatic rings. The summed E-state index contributed by atoms with van der Waals surface area (Å²) in [7, 11) is 0. The smallest absolute Gasteiger partial charge is 0.227 e. The van der Waals surface area contributed by atoms with Gasteiger partial charge in [0.25, 0.3) is 0 Å². The average molecular weight is 387 g/mol. The van der Waals surface area contributed by atoms with E-state index in [-0.39, 0.29) is 5.91 Å². The van der Waals surface area contributed by atoms with Gasteiger partial charge < -0.3 is 4.90 Å². The molecular formula is C20H23BrN2O. The van der Waals surface area contributed by atoms with E-state index in [1.54, 1.807) is 0 Å². The first kappa shape index (κ1) is 17.2. The normalized spacial score (nSPS) is 15.5. The molecule has 0 saturated carbocycles. The van der Waals surface area contributed by atoms with Gasteiger partial charge in [-0.15, -0.1) is 0 Å². The van der Waals surface area contributed by atoms with Crippen molar-refractivity contribution in [3.05, 3.63) is 70.2 Å². The molecule has 126 valence electrons. The highest BCUT2D eigenvalue weighted by molar-refractivity contribution is 9.10. The van der Waals surface area contributed by atoms with Crippen molar-refractivity contribution in [1.29, 1.82) is 0 Å². The number of benzene rings is 2. The lowest BCUT2D eigenvalue weighted by molar-refractivity contribution is -0.132. The van der Waals surface area contributed by atoms with E-state index in [0.717, 1.165) is 49.2 Å². The summed E-state index contributed by atoms with van der Waals surface area (Å²) in [5.74, 6) is 0.232. The van der Waals surface area contributed by atoms with E-state index < -0.39 is 0 Å². The van der Waals surface area contributed by atoms with Gasteiger partial charge >= 0.3 is 0 Å². The molecule has 3 nitrogen and oxygen atoms in total. The molecule has 1 amide bonds. The molecule has 0 aromatic heterocycles. The zero-order valence-corrected chi connectivity index (χ0v) is 15.4. The summed E-state index contributed by atoms with van der Waals surface area (Å²) in [6, 6.07) is 18.6. The van der Waals surface area contributed by atoms with Crippen LogP contribution in [0.4, 0.5) is 0 Å². The maximum absolute atomic E-state index is 12.5. The largest absolute Gasteiger partial charge is 0.340 e. The molecule has 2 aromatic carbocycles. The SMILES string of the molecule is O=C(Cc1cccc(Br)c1)N1CCN(CCc2ccccc2)CC1. The summed E-state index contributed by atoms with van der Waals surface area (Å²) in [6.07, 6.45) is 1.57. The Bertz CT molecular complexity index is 666. The molecule has 0 N–H and O–H groups in total. The number of nitrogens with zero attached hydrogens (tertiary/aromatic N) is 2. The minimum Gasteiger partial charge on any atom is -0.340 e. The van der Waals surface area contributed by atoms with Crippen molar-refractivity contribution in [2.24, 2.45) is 0 Å². The first-order valence-corrected chi connectivity index (χ1v) is 9.28. The Kier molecular flexibility index (Phi) is 6.05. The molecule has 0 unspecified atom stereocenters. The molecule has 3 rings (SSSR count). The van der Waals surface area contributed by atoms with Crippen LogP contribution in [-0.2, 0) is 17.6 Å². The fraction of sp³-hybridized carbons (Fsp3) is 0.350. The van der Waals surface area contributed by atoms with Gasteiger partial charge in [0.15, 0.2) is 0 Å². The first-order valence-electron chi connectivity index (χ1n) is 8.49. The van der Waals surface area contributed by atoms with Crippen LogP contribution in [-0.4, -0.2) is 48.4 Å². The minimum absolute atomic E-state index is 0.232. The lowest BCUT2D eigenvalue weighted by Gasteiger charge is -2.34. The van der Waals surface area contributed by atoms with Crippen molar-refractivity contribution in [1.82, 2.24) is 9.80 Å². The summed E-state index contributed by atoms with van der Waals surface area (Å²) in [5.41, 5.74) is 2.45. The van der Waals surface area contributed by atoms with Gasteiger partial charge in [-0.1, -0.05) is 58.4 Å². The van der Waals surface area contributed by atoms with Gasteiger partial charge in [0.2, 0.25) is 5.91 Å². The molecule has 4 heteroatoms. The molecule has 0 spiro atoms. The Balaban J connectivity index is 1.43. The molecule has 1 saturated heterocycles. The maximum Gasteiger partial charge on any atom is 0.227 e. The third kappa shape index (κ3) is 4.92. The monoisotopic (exact) mass is 386 g/mol. The van der Waals surface area contributed by atoms with Gasteiger partial charge in [0.05, 0.1) is 6.42 Å². The molecule has 1 aliphatic rings. The Labute approximate surface area is 152 Å². The van der Waals surface area contributed by atoms with Crippen LogP contribution in [0.2, 0.25) is 0 Å². The van der Waals surface area contributed by atoms with Gasteiger partial charge in [-0.3, -0.25) is 9.69 Å². The van der Waals surface area contributed by atoms with Gasteiger partial charge in [-0.25, -0.2) is 0 Å². The summed E-state index contributed by atoms with van der Waals surface area (Å²) < 4.78 is 1.03. The topological polar surface area (TPSA) is 23.6 Å². The fourth-order valence-corrected chi connectivity index (χ4v) is 3.53. The van der Waals surface area contributed by atoms with Crippen molar-refractivity contribution < 1.29 is 4.79 Å². The lowest BCUT2D eigenvalue weighted by Crippen LogP contribution is -2.49. The number of carbonyl (C=O) groups excluding carboxylic acids is 1. The minimum atomic E-state index is 0.232. The van der Waals surface area contributed by atoms with Crippen LogP contribution >= 0.6 is 15.9 Å². The zero-order valence-electron chi connectivity index (χ0n) is 13.8. The molecule has 1 aliphatic heterocycles. The molecule has 0 bridgehead atoms. The third-order valence-electron chi connectivity index (χ3n) is 4.53. The number of carbonyl (C=O) groups is 1. The van der Waals surface area contributed by atoms with Crippen molar-refractivity contribution >= 4 is 21.8 Å². The summed E-state index contributed by atoms with van der Waals surface area (Å²) in [6.45, 7) is 4.68. The summed E-state index contributed by atoms with van der Waals surface area (Å²) in [4.78, 5) is 16.9. The lowest BCUT2D eigenvalue weighted by atomic mass is 10.1. The van der Waals surface area contributed by atoms with Crippen molar-refractivity contribution in [3.8, 4) is 0 Å². The first-order chi connectivity index (χ1) is 11.7. The van der Waals surface area contributed by atoms with Gasteiger partial charge in [0.1, 0.15) is 0 Å². The van der Waals surface area contributed by atoms with Crippen LogP contribution in [0.1, 0.15) is 11.1 Å². The molecular weight excluding hydrogens is 364 g/mol. The van der Waals surface area contributed by atoms with Gasteiger partial charge in [0, 0.05) is 37.2 Å². The molecule has 1 fully saturated rings. The predicted molar refractivity (Wildman–Crippen MR) is 101 cm³/mol. The van der Waals surface area contributed by atoms with Crippen LogP contribution < -0.4 is 0 Å². The second kappa shape index (κ2) is 8.45. The third-order valence-corrected chi connectivity index (χ3v) is 5.02. The van der Waals surface area contributed by atoms with E-state index in [4.69, 9.17) is 0 Å². The molecule has 0 atom stereocenters. The second-order valence-corrected chi connectivity index (χ2v) is 7.18. The van der Waals surface area contributed by atoms with E-state index in [1.165, 1.54) is 5.56 Å². The number of rotatable bonds is 5. The fourth-order valence-electron chi connectivity index (χ4n) is 3.09. The van der Waals surface area contributed by atoms with Crippen LogP contribution in [0.5, 0.6) is 0 Å². The van der Waals surface area contributed by atoms with Gasteiger partial charge in [-0.2, -0.15) is 0 Å². The van der Waals surface area contributed by atoms with E-state index in [2.05, 4.69) is 51.2 Å². The zero-order chi connectivity index (χ0) is 16.8. The van der Waals surface area contributed by atoms with E-state index in [1.807, 2.05) is 29.2 Å². The molecule has 1 heterocycles. The van der Waals surface area contributed by atoms with Crippen LogP contribution in [0.25, 0.3) is 0 Å². The van der Waals surface area contributed by atoms with Crippen molar-refractivity contribution in [2.75, 3.05) is 32.7 Å². The second-order valence-electron chi connectivity index (χ2n) is 6.26. The number of amides is 1. The molecule has 24 heavy (non-hydrogen) atoms. The highest BCUT2D eigenvalue weighted by atomic mass is 79.9. The Morgan fingerprint density at radius 1 is 0.917 bits per heavy atom. The summed E-state index contributed by atoms with van der Waals surface area (Å²) >= 11 is 3.46. The number of hydrogen-bond donors (Lipinski definition) is 0. The highest BCUT2D eigenvalue weighted by Gasteiger charge is 2.20. The number of piperazine rings is 1. The average Bonchev–Trinajstić information content (AvgIpc) is 2.61. The Hall–Kier alpha value is -1.65. The molecule has 0 radical (unpaired) electrons. The van der Waals surface area contributed by atoms with E-state index in [9.17, 15) is 4.79 Å². The highest BCUT2D eigenvalue weighted by Crippen LogP contribution is 2.13. The standard InChI is InChI=1S/C20H23BrN2O/c21-19-8-4-7-18(15-19)16-20(24)23-13-11-22(12-14-23)10-9-17-5-2-1-3-6-17/h1-8,15H,9-14,16H2. The van der Waals surface area contributed by atoms with E-state index >= 15 is 0 Å². The van der Waals surface area contributed by atoms with Crippen LogP contribution in [0.15, 0.2) is 59.1 Å². The van der Waals surface area contributed by atoms with E-state index in [0.29, 0.717) is 6.42 Å².